The number of hydrogen-bond acceptors (Lipinski definition) is 6. The molecule has 0 N–H and O–H groups in total. The van der Waals surface area contributed by atoms with Crippen molar-refractivity contribution in [3.8, 4) is 0 Å². The Hall–Kier alpha value is -0.950. The van der Waals surface area contributed by atoms with Gasteiger partial charge in [0.15, 0.2) is 18.1 Å². The average Bonchev–Trinajstić information content (AvgIpc) is 2.88. The van der Waals surface area contributed by atoms with Crippen LogP contribution in [0.2, 0.25) is 0 Å². The lowest BCUT2D eigenvalue weighted by atomic mass is 9.93. The fourth-order valence-electron chi connectivity index (χ4n) is 3.17. The van der Waals surface area contributed by atoms with Crippen molar-refractivity contribution < 1.29 is 14.0 Å². The molecule has 2 saturated heterocycles. The Morgan fingerprint density at radius 2 is 2.09 bits per heavy atom. The van der Waals surface area contributed by atoms with E-state index in [1.807, 2.05) is 6.07 Å². The van der Waals surface area contributed by atoms with E-state index in [9.17, 15) is 0 Å². The number of thiophene rings is 1. The van der Waals surface area contributed by atoms with Crippen molar-refractivity contribution in [2.24, 2.45) is 0 Å². The van der Waals surface area contributed by atoms with Crippen molar-refractivity contribution in [1.29, 1.82) is 0 Å². The summed E-state index contributed by atoms with van der Waals surface area (Å²) in [4.78, 5) is 2.39. The van der Waals surface area contributed by atoms with Gasteiger partial charge < -0.3 is 14.0 Å². The Balaban J connectivity index is 1.35. The van der Waals surface area contributed by atoms with Crippen molar-refractivity contribution in [2.45, 2.75) is 57.6 Å². The van der Waals surface area contributed by atoms with Gasteiger partial charge in [0.05, 0.1) is 10.3 Å². The summed E-state index contributed by atoms with van der Waals surface area (Å²) in [7, 11) is 0. The van der Waals surface area contributed by atoms with E-state index in [1.165, 1.54) is 4.70 Å². The lowest BCUT2D eigenvalue weighted by molar-refractivity contribution is -0.0579. The number of aromatic nitrogens is 1. The molecule has 2 unspecified atom stereocenters. The molecular formula is C16H22N2O3S. The molecule has 0 aromatic carbocycles. The average molecular weight is 322 g/mol. The zero-order valence-corrected chi connectivity index (χ0v) is 14.1. The number of rotatable bonds is 3. The van der Waals surface area contributed by atoms with Crippen LogP contribution in [0.25, 0.3) is 10.3 Å². The molecule has 0 bridgehead atoms. The monoisotopic (exact) mass is 322 g/mol. The number of ether oxygens (including phenoxy) is 2. The summed E-state index contributed by atoms with van der Waals surface area (Å²) in [5.74, 6) is 0.497. The molecular weight excluding hydrogens is 300 g/mol. The minimum absolute atomic E-state index is 0.0624. The van der Waals surface area contributed by atoms with Gasteiger partial charge in [-0.2, -0.15) is 0 Å². The number of likely N-dealkylation sites (tertiary alicyclic amines) is 1. The summed E-state index contributed by atoms with van der Waals surface area (Å²) < 4.78 is 18.2. The van der Waals surface area contributed by atoms with Gasteiger partial charge in [0.1, 0.15) is 5.69 Å². The summed E-state index contributed by atoms with van der Waals surface area (Å²) in [6, 6.07) is 2.00. The Bertz CT molecular complexity index is 652. The lowest BCUT2D eigenvalue weighted by Crippen LogP contribution is -2.37. The van der Waals surface area contributed by atoms with Crippen molar-refractivity contribution in [2.75, 3.05) is 13.1 Å². The SMILES string of the molecule is CC(C)(C)OC1OC1N1CCC(c2noc3ccsc23)CC1. The third-order valence-electron chi connectivity index (χ3n) is 4.28. The second-order valence-corrected chi connectivity index (χ2v) is 8.03. The highest BCUT2D eigenvalue weighted by molar-refractivity contribution is 7.17. The van der Waals surface area contributed by atoms with Gasteiger partial charge in [-0.05, 0) is 45.1 Å². The van der Waals surface area contributed by atoms with E-state index in [2.05, 4.69) is 36.2 Å². The van der Waals surface area contributed by atoms with Crippen LogP contribution in [0.5, 0.6) is 0 Å². The Morgan fingerprint density at radius 1 is 1.32 bits per heavy atom. The van der Waals surface area contributed by atoms with Gasteiger partial charge >= 0.3 is 0 Å². The van der Waals surface area contributed by atoms with E-state index in [4.69, 9.17) is 14.0 Å². The third-order valence-corrected chi connectivity index (χ3v) is 5.20. The van der Waals surface area contributed by atoms with Crippen LogP contribution in [0, 0.1) is 0 Å². The van der Waals surface area contributed by atoms with Crippen molar-refractivity contribution >= 4 is 21.6 Å². The van der Waals surface area contributed by atoms with Gasteiger partial charge in [-0.15, -0.1) is 11.3 Å². The maximum Gasteiger partial charge on any atom is 0.200 e. The number of hydrogen-bond donors (Lipinski definition) is 0. The lowest BCUT2D eigenvalue weighted by Gasteiger charge is -2.30. The largest absolute Gasteiger partial charge is 0.355 e. The summed E-state index contributed by atoms with van der Waals surface area (Å²) in [6.45, 7) is 8.25. The molecule has 0 amide bonds. The van der Waals surface area contributed by atoms with Crippen LogP contribution in [0.1, 0.15) is 45.2 Å². The predicted molar refractivity (Wildman–Crippen MR) is 84.9 cm³/mol. The van der Waals surface area contributed by atoms with E-state index in [0.717, 1.165) is 37.2 Å². The van der Waals surface area contributed by atoms with Crippen LogP contribution in [0.3, 0.4) is 0 Å². The quantitative estimate of drug-likeness (QED) is 0.809. The zero-order valence-electron chi connectivity index (χ0n) is 13.2. The Kier molecular flexibility index (Phi) is 3.52. The maximum atomic E-state index is 5.87. The minimum atomic E-state index is -0.150. The first-order valence-electron chi connectivity index (χ1n) is 7.91. The van der Waals surface area contributed by atoms with Crippen LogP contribution >= 0.6 is 11.3 Å². The van der Waals surface area contributed by atoms with Gasteiger partial charge in [0.25, 0.3) is 0 Å². The smallest absolute Gasteiger partial charge is 0.200 e. The molecule has 2 aromatic rings. The maximum absolute atomic E-state index is 5.87. The topological polar surface area (TPSA) is 51.0 Å². The Labute approximate surface area is 134 Å². The zero-order chi connectivity index (χ0) is 15.3. The fourth-order valence-corrected chi connectivity index (χ4v) is 4.04. The standard InChI is InChI=1S/C16H22N2O3S/c1-16(2,3)20-15-14(19-15)18-7-4-10(5-8-18)12-13-11(21-17-12)6-9-22-13/h6,9-10,14-15H,4-5,7-8H2,1-3H3. The van der Waals surface area contributed by atoms with Gasteiger partial charge in [-0.3, -0.25) is 4.90 Å². The van der Waals surface area contributed by atoms with Gasteiger partial charge in [0, 0.05) is 19.0 Å². The summed E-state index contributed by atoms with van der Waals surface area (Å²) in [5.41, 5.74) is 1.92. The molecule has 6 heteroatoms. The molecule has 2 aliphatic rings. The van der Waals surface area contributed by atoms with Crippen molar-refractivity contribution in [1.82, 2.24) is 10.1 Å². The molecule has 0 spiro atoms. The van der Waals surface area contributed by atoms with Crippen molar-refractivity contribution in [3.63, 3.8) is 0 Å². The second kappa shape index (κ2) is 5.30. The molecule has 2 fully saturated rings. The molecule has 0 aliphatic carbocycles. The van der Waals surface area contributed by atoms with Crippen LogP contribution in [-0.2, 0) is 9.47 Å². The fraction of sp³-hybridized carbons (Fsp3) is 0.688. The van der Waals surface area contributed by atoms with Gasteiger partial charge in [-0.1, -0.05) is 5.16 Å². The third kappa shape index (κ3) is 2.80. The second-order valence-electron chi connectivity index (χ2n) is 7.12. The summed E-state index contributed by atoms with van der Waals surface area (Å²) in [6.07, 6.45) is 2.27. The summed E-state index contributed by atoms with van der Waals surface area (Å²) in [5, 5.41) is 6.36. The first-order chi connectivity index (χ1) is 10.5. The van der Waals surface area contributed by atoms with Crippen LogP contribution in [0.15, 0.2) is 16.0 Å². The van der Waals surface area contributed by atoms with Crippen LogP contribution in [0.4, 0.5) is 0 Å². The van der Waals surface area contributed by atoms with E-state index in [1.54, 1.807) is 11.3 Å². The van der Waals surface area contributed by atoms with E-state index >= 15 is 0 Å². The molecule has 0 radical (unpaired) electrons. The first kappa shape index (κ1) is 14.6. The molecule has 2 atom stereocenters. The number of nitrogens with zero attached hydrogens (tertiary/aromatic N) is 2. The van der Waals surface area contributed by atoms with E-state index in [-0.39, 0.29) is 18.1 Å². The minimum Gasteiger partial charge on any atom is -0.355 e. The highest BCUT2D eigenvalue weighted by Crippen LogP contribution is 2.38. The van der Waals surface area contributed by atoms with E-state index in [0.29, 0.717) is 5.92 Å². The molecule has 22 heavy (non-hydrogen) atoms. The van der Waals surface area contributed by atoms with Gasteiger partial charge in [-0.25, -0.2) is 0 Å². The molecule has 5 nitrogen and oxygen atoms in total. The molecule has 4 rings (SSSR count). The highest BCUT2D eigenvalue weighted by atomic mass is 32.1. The van der Waals surface area contributed by atoms with Crippen LogP contribution in [-0.4, -0.2) is 41.3 Å². The molecule has 4 heterocycles. The van der Waals surface area contributed by atoms with Crippen molar-refractivity contribution in [3.05, 3.63) is 17.1 Å². The molecule has 0 saturated carbocycles. The number of piperidine rings is 1. The van der Waals surface area contributed by atoms with Crippen LogP contribution < -0.4 is 0 Å². The molecule has 120 valence electrons. The normalized spacial score (nSPS) is 27.6. The predicted octanol–water partition coefficient (Wildman–Crippen LogP) is 3.57. The van der Waals surface area contributed by atoms with Gasteiger partial charge in [0.2, 0.25) is 0 Å². The number of fused-ring (bicyclic) bond motifs is 1. The Morgan fingerprint density at radius 3 is 2.82 bits per heavy atom. The first-order valence-corrected chi connectivity index (χ1v) is 8.79. The van der Waals surface area contributed by atoms with E-state index < -0.39 is 0 Å². The molecule has 2 aliphatic heterocycles. The number of epoxide rings is 1. The summed E-state index contributed by atoms with van der Waals surface area (Å²) >= 11 is 1.73. The molecule has 2 aromatic heterocycles. The highest BCUT2D eigenvalue weighted by Gasteiger charge is 2.47.